The molecule has 1 heterocycles. The van der Waals surface area contributed by atoms with E-state index >= 15 is 0 Å². The Kier molecular flexibility index (Phi) is 14.3. The van der Waals surface area contributed by atoms with Gasteiger partial charge in [0, 0.05) is 17.8 Å². The van der Waals surface area contributed by atoms with E-state index in [1.807, 2.05) is 22.6 Å². The molecule has 4 atom stereocenters. The number of hydrogen-bond donors (Lipinski definition) is 2. The number of ether oxygens (including phenoxy) is 3. The van der Waals surface area contributed by atoms with Crippen LogP contribution in [0.1, 0.15) is 10.4 Å². The molecule has 23 heteroatoms. The number of hydrogen-bond acceptors (Lipinski definition) is 17. The Balaban J connectivity index is 1.93. The van der Waals surface area contributed by atoms with Crippen LogP contribution in [0.5, 0.6) is 0 Å². The lowest BCUT2D eigenvalue weighted by molar-refractivity contribution is -0.200. The molecular formula is C19H24IN2O17S3-3. The van der Waals surface area contributed by atoms with Crippen molar-refractivity contribution >= 4 is 71.3 Å². The average Bonchev–Trinajstić information content (AvgIpc) is 2.87. The van der Waals surface area contributed by atoms with Gasteiger partial charge in [0.1, 0.15) is 24.4 Å². The van der Waals surface area contributed by atoms with Gasteiger partial charge in [-0.3, -0.25) is 22.1 Å². The second kappa shape index (κ2) is 16.5. The molecule has 2 N–H and O–H groups in total. The number of alkyl halides is 1. The molecule has 240 valence electrons. The Bertz CT molecular complexity index is 1370. The van der Waals surface area contributed by atoms with Gasteiger partial charge in [0.2, 0.25) is 37.1 Å². The number of carbonyl (C=O) groups excluding carboxylic acids is 2. The first kappa shape index (κ1) is 36.6. The van der Waals surface area contributed by atoms with Gasteiger partial charge in [-0.25, -0.2) is 25.3 Å². The van der Waals surface area contributed by atoms with Gasteiger partial charge in [0.25, 0.3) is 5.91 Å². The quantitative estimate of drug-likeness (QED) is 0.0556. The van der Waals surface area contributed by atoms with Crippen LogP contribution in [0.15, 0.2) is 24.3 Å². The van der Waals surface area contributed by atoms with Crippen LogP contribution in [0.25, 0.3) is 0 Å². The molecule has 1 saturated heterocycles. The molecule has 0 spiro atoms. The van der Waals surface area contributed by atoms with Gasteiger partial charge >= 0.3 is 0 Å². The maximum Gasteiger partial charge on any atom is 0.251 e. The van der Waals surface area contributed by atoms with E-state index in [1.165, 1.54) is 12.1 Å². The number of benzene rings is 1. The third-order valence-corrected chi connectivity index (χ3v) is 7.06. The largest absolute Gasteiger partial charge is 0.726 e. The number of rotatable bonds is 17. The van der Waals surface area contributed by atoms with Crippen molar-refractivity contribution in [1.82, 2.24) is 5.32 Å². The lowest BCUT2D eigenvalue weighted by atomic mass is 10.0. The first-order chi connectivity index (χ1) is 19.5. The molecule has 2 unspecified atom stereocenters. The minimum atomic E-state index is -5.57. The first-order valence-electron chi connectivity index (χ1n) is 11.4. The number of nitrogens with one attached hydrogen (secondary N) is 2. The summed E-state index contributed by atoms with van der Waals surface area (Å²) in [7, 11) is -16.3. The predicted molar refractivity (Wildman–Crippen MR) is 141 cm³/mol. The highest BCUT2D eigenvalue weighted by Crippen LogP contribution is 2.26. The SMILES string of the molecule is O=C(CI)Nc1ccc(C(=O)NCCOCCO[C@H]2C(COS(=O)(=O)[O-])OCC(OS(=O)(=O)[O-])[C@H]2OS(=O)(=O)[O-])cc1. The summed E-state index contributed by atoms with van der Waals surface area (Å²) in [5.41, 5.74) is 0.809. The highest BCUT2D eigenvalue weighted by Gasteiger charge is 2.45. The highest BCUT2D eigenvalue weighted by atomic mass is 127. The summed E-state index contributed by atoms with van der Waals surface area (Å²) in [4.78, 5) is 23.7. The Labute approximate surface area is 254 Å². The van der Waals surface area contributed by atoms with Crippen LogP contribution in [0.4, 0.5) is 5.69 Å². The summed E-state index contributed by atoms with van der Waals surface area (Å²) in [6, 6.07) is 6.08. The monoisotopic (exact) mass is 775 g/mol. The molecule has 0 radical (unpaired) electrons. The summed E-state index contributed by atoms with van der Waals surface area (Å²) in [5, 5.41) is 5.20. The zero-order valence-electron chi connectivity index (χ0n) is 21.1. The number of anilines is 1. The molecule has 1 aliphatic heterocycles. The fourth-order valence-corrected chi connectivity index (χ4v) is 4.86. The van der Waals surface area contributed by atoms with E-state index in [0.29, 0.717) is 11.3 Å². The molecule has 19 nitrogen and oxygen atoms in total. The van der Waals surface area contributed by atoms with Crippen LogP contribution in [0, 0.1) is 0 Å². The summed E-state index contributed by atoms with van der Waals surface area (Å²) in [5.74, 6) is -0.651. The molecule has 1 fully saturated rings. The fraction of sp³-hybridized carbons (Fsp3) is 0.579. The summed E-state index contributed by atoms with van der Waals surface area (Å²) >= 11 is 1.90. The normalized spacial score (nSPS) is 21.5. The standard InChI is InChI=1S/C19H27IN2O17S3/c20-9-16(23)22-13-3-1-12(2-4-13)19(24)21-5-6-34-7-8-35-17-14(11-37-40(25,26)27)36-10-15(38-41(28,29)30)18(17)39-42(31,32)33/h1-4,14-15,17-18H,5-11H2,(H,21,24)(H,22,23)(H,25,26,27)(H,28,29,30)(H,31,32,33)/p-3/t14?,15?,17-,18+/m0/s1. The van der Waals surface area contributed by atoms with Crippen molar-refractivity contribution < 1.29 is 75.3 Å². The van der Waals surface area contributed by atoms with Gasteiger partial charge in [-0.15, -0.1) is 0 Å². The summed E-state index contributed by atoms with van der Waals surface area (Å²) < 4.78 is 128. The van der Waals surface area contributed by atoms with Gasteiger partial charge in [-0.2, -0.15) is 0 Å². The van der Waals surface area contributed by atoms with Crippen molar-refractivity contribution in [3.05, 3.63) is 29.8 Å². The summed E-state index contributed by atoms with van der Waals surface area (Å²) in [6.07, 6.45) is -7.60. The Hall–Kier alpha value is -1.62. The van der Waals surface area contributed by atoms with E-state index in [4.69, 9.17) is 14.2 Å². The fourth-order valence-electron chi connectivity index (χ4n) is 3.40. The Morgan fingerprint density at radius 2 is 1.55 bits per heavy atom. The molecule has 2 amide bonds. The van der Waals surface area contributed by atoms with Crippen LogP contribution < -0.4 is 10.6 Å². The molecule has 0 aromatic heterocycles. The van der Waals surface area contributed by atoms with Gasteiger partial charge in [0.05, 0.1) is 37.5 Å². The van der Waals surface area contributed by atoms with E-state index in [-0.39, 0.29) is 30.1 Å². The molecule has 42 heavy (non-hydrogen) atoms. The van der Waals surface area contributed by atoms with E-state index in [1.54, 1.807) is 12.1 Å². The van der Waals surface area contributed by atoms with E-state index in [9.17, 15) is 48.5 Å². The third kappa shape index (κ3) is 14.2. The van der Waals surface area contributed by atoms with Crippen molar-refractivity contribution in [1.29, 1.82) is 0 Å². The molecule has 0 bridgehead atoms. The minimum Gasteiger partial charge on any atom is -0.726 e. The molecule has 1 aliphatic rings. The van der Waals surface area contributed by atoms with Crippen LogP contribution >= 0.6 is 22.6 Å². The van der Waals surface area contributed by atoms with Crippen LogP contribution in [0.2, 0.25) is 0 Å². The minimum absolute atomic E-state index is 0.0218. The van der Waals surface area contributed by atoms with Gasteiger partial charge < -0.3 is 38.5 Å². The number of amides is 2. The lowest BCUT2D eigenvalue weighted by Crippen LogP contribution is -2.58. The molecular weight excluding hydrogens is 751 g/mol. The Morgan fingerprint density at radius 3 is 2.12 bits per heavy atom. The summed E-state index contributed by atoms with van der Waals surface area (Å²) in [6.45, 7) is -2.70. The molecule has 2 rings (SSSR count). The van der Waals surface area contributed by atoms with E-state index < -0.39 is 81.3 Å². The molecule has 1 aromatic carbocycles. The topological polar surface area (TPSA) is 285 Å². The number of halogens is 1. The second-order valence-corrected chi connectivity index (χ2v) is 11.9. The van der Waals surface area contributed by atoms with Crippen LogP contribution in [0.3, 0.4) is 0 Å². The smallest absolute Gasteiger partial charge is 0.251 e. The van der Waals surface area contributed by atoms with Crippen molar-refractivity contribution in [2.75, 3.05) is 49.3 Å². The van der Waals surface area contributed by atoms with E-state index in [2.05, 4.69) is 23.2 Å². The third-order valence-electron chi connectivity index (χ3n) is 5.00. The van der Waals surface area contributed by atoms with Gasteiger partial charge in [0.15, 0.2) is 0 Å². The van der Waals surface area contributed by atoms with Crippen molar-refractivity contribution in [2.24, 2.45) is 0 Å². The highest BCUT2D eigenvalue weighted by molar-refractivity contribution is 14.1. The van der Waals surface area contributed by atoms with Gasteiger partial charge in [-0.1, -0.05) is 22.6 Å². The molecule has 0 aliphatic carbocycles. The van der Waals surface area contributed by atoms with E-state index in [0.717, 1.165) is 0 Å². The number of carbonyl (C=O) groups is 2. The first-order valence-corrected chi connectivity index (χ1v) is 16.9. The maximum absolute atomic E-state index is 12.2. The predicted octanol–water partition coefficient (Wildman–Crippen LogP) is -2.24. The molecule has 1 aromatic rings. The van der Waals surface area contributed by atoms with Crippen molar-refractivity contribution in [2.45, 2.75) is 24.4 Å². The zero-order valence-corrected chi connectivity index (χ0v) is 25.7. The maximum atomic E-state index is 12.2. The zero-order chi connectivity index (χ0) is 31.6. The van der Waals surface area contributed by atoms with Gasteiger partial charge in [-0.05, 0) is 24.3 Å². The average molecular weight is 776 g/mol. The second-order valence-electron chi connectivity index (χ2n) is 8.04. The lowest BCUT2D eigenvalue weighted by Gasteiger charge is -2.41. The van der Waals surface area contributed by atoms with Crippen LogP contribution in [-0.4, -0.2) is 119 Å². The van der Waals surface area contributed by atoms with Crippen LogP contribution in [-0.2, 0) is 62.8 Å². The Morgan fingerprint density at radius 1 is 0.905 bits per heavy atom. The van der Waals surface area contributed by atoms with Crippen molar-refractivity contribution in [3.8, 4) is 0 Å². The van der Waals surface area contributed by atoms with Crippen molar-refractivity contribution in [3.63, 3.8) is 0 Å². The molecule has 0 saturated carbocycles.